The molecule has 0 saturated heterocycles. The van der Waals surface area contributed by atoms with Gasteiger partial charge >= 0.3 is 5.97 Å². The minimum atomic E-state index is -1.54. The van der Waals surface area contributed by atoms with E-state index < -0.39 is 33.8 Å². The molecular formula is C8H15NO4S. The third-order valence-corrected chi connectivity index (χ3v) is 3.86. The summed E-state index contributed by atoms with van der Waals surface area (Å²) >= 11 is 0. The first-order valence-electron chi connectivity index (χ1n) is 4.29. The van der Waals surface area contributed by atoms with E-state index >= 15 is 0 Å². The first kappa shape index (κ1) is 13.1. The molecule has 0 spiro atoms. The number of nitrogens with two attached hydrogens (primary N) is 1. The van der Waals surface area contributed by atoms with Gasteiger partial charge in [-0.2, -0.15) is 0 Å². The van der Waals surface area contributed by atoms with E-state index in [1.165, 1.54) is 6.92 Å². The number of carbonyl (C=O) groups is 2. The summed E-state index contributed by atoms with van der Waals surface area (Å²) < 4.78 is 11.5. The topological polar surface area (TPSA) is 97.5 Å². The fourth-order valence-corrected chi connectivity index (χ4v) is 2.40. The van der Waals surface area contributed by atoms with Gasteiger partial charge in [-0.1, -0.05) is 13.8 Å². The predicted molar refractivity (Wildman–Crippen MR) is 53.1 cm³/mol. The quantitative estimate of drug-likeness (QED) is 0.644. The van der Waals surface area contributed by atoms with Gasteiger partial charge in [0, 0.05) is 22.5 Å². The van der Waals surface area contributed by atoms with Crippen molar-refractivity contribution in [1.82, 2.24) is 0 Å². The highest BCUT2D eigenvalue weighted by molar-refractivity contribution is 7.86. The van der Waals surface area contributed by atoms with E-state index in [-0.39, 0.29) is 12.2 Å². The fraction of sp³-hybridized carbons (Fsp3) is 0.750. The van der Waals surface area contributed by atoms with Gasteiger partial charge in [0.2, 0.25) is 5.91 Å². The van der Waals surface area contributed by atoms with Crippen molar-refractivity contribution in [2.24, 2.45) is 11.7 Å². The molecule has 0 fully saturated rings. The predicted octanol–water partition coefficient (Wildman–Crippen LogP) is -0.280. The van der Waals surface area contributed by atoms with E-state index in [1.807, 2.05) is 0 Å². The smallest absolute Gasteiger partial charge is 0.319 e. The Morgan fingerprint density at radius 3 is 2.29 bits per heavy atom. The Labute approximate surface area is 85.1 Å². The van der Waals surface area contributed by atoms with Crippen molar-refractivity contribution in [3.05, 3.63) is 0 Å². The molecule has 0 saturated carbocycles. The number of carboxylic acid groups (broad SMARTS) is 1. The van der Waals surface area contributed by atoms with E-state index in [2.05, 4.69) is 0 Å². The Morgan fingerprint density at radius 2 is 2.00 bits per heavy atom. The van der Waals surface area contributed by atoms with Crippen LogP contribution in [-0.2, 0) is 20.4 Å². The molecule has 0 aliphatic carbocycles. The van der Waals surface area contributed by atoms with Crippen LogP contribution in [0.5, 0.6) is 0 Å². The number of aliphatic carboxylic acids is 1. The summed E-state index contributed by atoms with van der Waals surface area (Å²) in [4.78, 5) is 21.3. The van der Waals surface area contributed by atoms with Crippen LogP contribution >= 0.6 is 0 Å². The van der Waals surface area contributed by atoms with Crippen LogP contribution in [0.25, 0.3) is 0 Å². The number of carboxylic acids is 1. The van der Waals surface area contributed by atoms with Crippen LogP contribution in [0.1, 0.15) is 20.3 Å². The molecule has 0 radical (unpaired) electrons. The Kier molecular flexibility index (Phi) is 5.37. The molecule has 0 aliphatic rings. The molecule has 0 aromatic carbocycles. The molecule has 5 nitrogen and oxygen atoms in total. The Balaban J connectivity index is 4.32. The highest BCUT2D eigenvalue weighted by Gasteiger charge is 2.25. The summed E-state index contributed by atoms with van der Waals surface area (Å²) in [5.41, 5.74) is 4.98. The Hall–Kier alpha value is -0.910. The molecule has 0 rings (SSSR count). The molecule has 0 aromatic rings. The SMILES string of the molecule is CCC(C(=O)O)S(=O)CC(C)C(N)=O. The summed E-state index contributed by atoms with van der Waals surface area (Å²) in [6.07, 6.45) is 0.285. The largest absolute Gasteiger partial charge is 0.480 e. The third-order valence-electron chi connectivity index (χ3n) is 1.86. The average Bonchev–Trinajstić information content (AvgIpc) is 2.04. The molecule has 82 valence electrons. The first-order valence-corrected chi connectivity index (χ1v) is 5.67. The standard InChI is InChI=1S/C8H15NO4S/c1-3-6(8(11)12)14(13)4-5(2)7(9)10/h5-6H,3-4H2,1-2H3,(H2,9,10)(H,11,12). The normalized spacial score (nSPS) is 17.0. The van der Waals surface area contributed by atoms with E-state index in [0.717, 1.165) is 0 Å². The van der Waals surface area contributed by atoms with Gasteiger partial charge in [-0.3, -0.25) is 13.8 Å². The van der Waals surface area contributed by atoms with Crippen molar-refractivity contribution in [1.29, 1.82) is 0 Å². The van der Waals surface area contributed by atoms with E-state index in [1.54, 1.807) is 6.92 Å². The number of rotatable bonds is 6. The molecular weight excluding hydrogens is 206 g/mol. The third kappa shape index (κ3) is 3.87. The van der Waals surface area contributed by atoms with Gasteiger partial charge in [0.05, 0.1) is 0 Å². The molecule has 6 heteroatoms. The maximum atomic E-state index is 11.5. The maximum absolute atomic E-state index is 11.5. The van der Waals surface area contributed by atoms with Crippen LogP contribution in [0.15, 0.2) is 0 Å². The van der Waals surface area contributed by atoms with Crippen LogP contribution in [-0.4, -0.2) is 32.2 Å². The van der Waals surface area contributed by atoms with Crippen LogP contribution in [0.3, 0.4) is 0 Å². The van der Waals surface area contributed by atoms with Gasteiger partial charge in [-0.05, 0) is 6.42 Å². The maximum Gasteiger partial charge on any atom is 0.319 e. The Morgan fingerprint density at radius 1 is 1.50 bits per heavy atom. The second kappa shape index (κ2) is 5.74. The highest BCUT2D eigenvalue weighted by atomic mass is 32.2. The minimum Gasteiger partial charge on any atom is -0.480 e. The molecule has 3 N–H and O–H groups in total. The summed E-state index contributed by atoms with van der Waals surface area (Å²) in [7, 11) is -1.54. The lowest BCUT2D eigenvalue weighted by Gasteiger charge is -2.11. The van der Waals surface area contributed by atoms with Gasteiger partial charge in [-0.25, -0.2) is 0 Å². The zero-order valence-electron chi connectivity index (χ0n) is 8.23. The van der Waals surface area contributed by atoms with Crippen molar-refractivity contribution in [2.45, 2.75) is 25.5 Å². The van der Waals surface area contributed by atoms with Crippen LogP contribution in [0.4, 0.5) is 0 Å². The first-order chi connectivity index (χ1) is 6.40. The molecule has 1 amide bonds. The molecule has 3 unspecified atom stereocenters. The molecule has 3 atom stereocenters. The minimum absolute atomic E-state index is 0.0140. The van der Waals surface area contributed by atoms with Crippen molar-refractivity contribution < 1.29 is 18.9 Å². The van der Waals surface area contributed by atoms with Gasteiger partial charge in [0.25, 0.3) is 0 Å². The molecule has 0 aromatic heterocycles. The lowest BCUT2D eigenvalue weighted by Crippen LogP contribution is -2.32. The van der Waals surface area contributed by atoms with Crippen LogP contribution < -0.4 is 5.73 Å². The molecule has 0 heterocycles. The van der Waals surface area contributed by atoms with Gasteiger partial charge < -0.3 is 10.8 Å². The lowest BCUT2D eigenvalue weighted by atomic mass is 10.2. The average molecular weight is 221 g/mol. The highest BCUT2D eigenvalue weighted by Crippen LogP contribution is 2.07. The van der Waals surface area contributed by atoms with Gasteiger partial charge in [0.15, 0.2) is 0 Å². The number of hydrogen-bond acceptors (Lipinski definition) is 3. The van der Waals surface area contributed by atoms with Crippen molar-refractivity contribution >= 4 is 22.7 Å². The Bertz CT molecular complexity index is 254. The molecule has 0 aliphatic heterocycles. The van der Waals surface area contributed by atoms with Crippen LogP contribution in [0.2, 0.25) is 0 Å². The van der Waals surface area contributed by atoms with E-state index in [4.69, 9.17) is 10.8 Å². The summed E-state index contributed by atoms with van der Waals surface area (Å²) in [6.45, 7) is 3.18. The lowest BCUT2D eigenvalue weighted by molar-refractivity contribution is -0.136. The summed E-state index contributed by atoms with van der Waals surface area (Å²) in [5.74, 6) is -2.19. The van der Waals surface area contributed by atoms with E-state index in [0.29, 0.717) is 0 Å². The van der Waals surface area contributed by atoms with Crippen molar-refractivity contribution in [2.75, 3.05) is 5.75 Å². The second-order valence-electron chi connectivity index (χ2n) is 3.09. The molecule has 14 heavy (non-hydrogen) atoms. The zero-order chi connectivity index (χ0) is 11.3. The monoisotopic (exact) mass is 221 g/mol. The zero-order valence-corrected chi connectivity index (χ0v) is 9.04. The summed E-state index contributed by atoms with van der Waals surface area (Å²) in [5, 5.41) is 7.78. The fourth-order valence-electron chi connectivity index (χ4n) is 0.918. The molecule has 0 bridgehead atoms. The second-order valence-corrected chi connectivity index (χ2v) is 4.75. The van der Waals surface area contributed by atoms with Gasteiger partial charge in [0.1, 0.15) is 5.25 Å². The number of primary amides is 1. The van der Waals surface area contributed by atoms with Gasteiger partial charge in [-0.15, -0.1) is 0 Å². The van der Waals surface area contributed by atoms with Crippen molar-refractivity contribution in [3.8, 4) is 0 Å². The number of hydrogen-bond donors (Lipinski definition) is 2. The van der Waals surface area contributed by atoms with Crippen LogP contribution in [0, 0.1) is 5.92 Å². The number of amides is 1. The number of carbonyl (C=O) groups excluding carboxylic acids is 1. The van der Waals surface area contributed by atoms with Crippen molar-refractivity contribution in [3.63, 3.8) is 0 Å². The van der Waals surface area contributed by atoms with E-state index in [9.17, 15) is 13.8 Å². The summed E-state index contributed by atoms with van der Waals surface area (Å²) in [6, 6.07) is 0.